The summed E-state index contributed by atoms with van der Waals surface area (Å²) in [6.45, 7) is -1.76. The Morgan fingerprint density at radius 3 is 1.75 bits per heavy atom. The van der Waals surface area contributed by atoms with Gasteiger partial charge in [0.25, 0.3) is 0 Å². The Morgan fingerprint density at radius 1 is 0.900 bits per heavy atom. The molecule has 1 atom stereocenters. The van der Waals surface area contributed by atoms with Gasteiger partial charge < -0.3 is 20.4 Å². The fourth-order valence-corrected chi connectivity index (χ4v) is 1.43. The van der Waals surface area contributed by atoms with Crippen LogP contribution < -0.4 is 5.32 Å². The number of carbonyl (C=O) groups is 4. The Kier molecular flexibility index (Phi) is 7.85. The highest BCUT2D eigenvalue weighted by Crippen LogP contribution is 1.98. The van der Waals surface area contributed by atoms with Crippen LogP contribution in [0, 0.1) is 0 Å². The van der Waals surface area contributed by atoms with Crippen molar-refractivity contribution in [1.29, 1.82) is 0 Å². The second kappa shape index (κ2) is 8.82. The Hall–Kier alpha value is -2.20. The van der Waals surface area contributed by atoms with Gasteiger partial charge in [0.15, 0.2) is 0 Å². The second-order valence-electron chi connectivity index (χ2n) is 3.95. The van der Waals surface area contributed by atoms with E-state index in [1.54, 1.807) is 0 Å². The lowest BCUT2D eigenvalue weighted by atomic mass is 10.2. The highest BCUT2D eigenvalue weighted by Gasteiger charge is 2.21. The lowest BCUT2D eigenvalue weighted by Crippen LogP contribution is -2.43. The summed E-state index contributed by atoms with van der Waals surface area (Å²) < 4.78 is 0. The lowest BCUT2D eigenvalue weighted by Gasteiger charge is -2.20. The van der Waals surface area contributed by atoms with Crippen LogP contribution >= 0.6 is 0 Å². The zero-order valence-corrected chi connectivity index (χ0v) is 10.5. The van der Waals surface area contributed by atoms with Crippen LogP contribution in [0.4, 0.5) is 0 Å². The van der Waals surface area contributed by atoms with E-state index in [0.717, 1.165) is 4.90 Å². The van der Waals surface area contributed by atoms with Gasteiger partial charge in [-0.2, -0.15) is 0 Å². The third kappa shape index (κ3) is 8.83. The summed E-state index contributed by atoms with van der Waals surface area (Å²) in [5.74, 6) is -5.01. The Bertz CT molecular complexity index is 367. The van der Waals surface area contributed by atoms with Gasteiger partial charge in [-0.15, -0.1) is 0 Å². The number of nitrogens with zero attached hydrogens (tertiary/aromatic N) is 1. The van der Waals surface area contributed by atoms with Gasteiger partial charge in [0.2, 0.25) is 0 Å². The van der Waals surface area contributed by atoms with E-state index in [0.29, 0.717) is 0 Å². The highest BCUT2D eigenvalue weighted by atomic mass is 16.4. The molecular weight excluding hydrogens is 276 g/mol. The summed E-state index contributed by atoms with van der Waals surface area (Å²) in [5.41, 5.74) is 0. The molecule has 20 heavy (non-hydrogen) atoms. The third-order valence-electron chi connectivity index (χ3n) is 2.25. The molecule has 10 nitrogen and oxygen atoms in total. The average molecular weight is 292 g/mol. The number of carboxylic acids is 4. The number of aliphatic carboxylic acids is 4. The monoisotopic (exact) mass is 292 g/mol. The maximum absolute atomic E-state index is 10.9. The molecule has 0 saturated heterocycles. The van der Waals surface area contributed by atoms with Gasteiger partial charge in [0.1, 0.15) is 6.04 Å². The van der Waals surface area contributed by atoms with Gasteiger partial charge >= 0.3 is 23.9 Å². The van der Waals surface area contributed by atoms with Crippen LogP contribution in [0.25, 0.3) is 0 Å². The standard InChI is InChI=1S/C10H16N2O8/c13-7(14)3-11-6(10(19)20)1-2-12(4-8(15)16)5-9(17)18/h6,11H,1-5H2,(H,13,14)(H,15,16)(H,17,18)(H,19,20). The molecule has 1 unspecified atom stereocenters. The first-order chi connectivity index (χ1) is 9.22. The van der Waals surface area contributed by atoms with Crippen molar-refractivity contribution in [1.82, 2.24) is 10.2 Å². The largest absolute Gasteiger partial charge is 0.480 e. The summed E-state index contributed by atoms with van der Waals surface area (Å²) in [4.78, 5) is 43.3. The summed E-state index contributed by atoms with van der Waals surface area (Å²) >= 11 is 0. The number of hydrogen-bond acceptors (Lipinski definition) is 6. The molecule has 0 spiro atoms. The highest BCUT2D eigenvalue weighted by molar-refractivity contribution is 5.75. The van der Waals surface area contributed by atoms with Crippen LogP contribution in [0.5, 0.6) is 0 Å². The van der Waals surface area contributed by atoms with Gasteiger partial charge in [0.05, 0.1) is 19.6 Å². The van der Waals surface area contributed by atoms with E-state index in [4.69, 9.17) is 20.4 Å². The van der Waals surface area contributed by atoms with E-state index >= 15 is 0 Å². The van der Waals surface area contributed by atoms with Crippen LogP contribution in [0.2, 0.25) is 0 Å². The van der Waals surface area contributed by atoms with Crippen molar-refractivity contribution in [3.05, 3.63) is 0 Å². The first-order valence-electron chi connectivity index (χ1n) is 5.56. The van der Waals surface area contributed by atoms with Crippen molar-refractivity contribution in [2.24, 2.45) is 0 Å². The van der Waals surface area contributed by atoms with Crippen molar-refractivity contribution in [3.8, 4) is 0 Å². The van der Waals surface area contributed by atoms with E-state index in [1.165, 1.54) is 0 Å². The van der Waals surface area contributed by atoms with E-state index in [1.807, 2.05) is 0 Å². The van der Waals surface area contributed by atoms with E-state index < -0.39 is 49.6 Å². The molecule has 0 aromatic carbocycles. The van der Waals surface area contributed by atoms with Crippen LogP contribution in [0.3, 0.4) is 0 Å². The molecule has 10 heteroatoms. The predicted octanol–water partition coefficient (Wildman–Crippen LogP) is -2.02. The average Bonchev–Trinajstić information content (AvgIpc) is 2.25. The smallest absolute Gasteiger partial charge is 0.320 e. The molecule has 0 saturated carbocycles. The molecule has 0 aromatic heterocycles. The zero-order chi connectivity index (χ0) is 15.7. The SMILES string of the molecule is O=C(O)CNC(CCN(CC(=O)O)CC(=O)O)C(=O)O. The summed E-state index contributed by atoms with van der Waals surface area (Å²) in [6.07, 6.45) is -0.122. The molecule has 0 fully saturated rings. The van der Waals surface area contributed by atoms with Crippen molar-refractivity contribution in [2.45, 2.75) is 12.5 Å². The van der Waals surface area contributed by atoms with Crippen LogP contribution in [-0.4, -0.2) is 81.4 Å². The minimum atomic E-state index is -1.29. The normalized spacial score (nSPS) is 12.1. The van der Waals surface area contributed by atoms with Gasteiger partial charge in [-0.05, 0) is 6.42 Å². The molecule has 0 radical (unpaired) electrons. The predicted molar refractivity (Wildman–Crippen MR) is 63.4 cm³/mol. The molecule has 0 aliphatic carbocycles. The number of rotatable bonds is 11. The van der Waals surface area contributed by atoms with Crippen molar-refractivity contribution in [3.63, 3.8) is 0 Å². The minimum Gasteiger partial charge on any atom is -0.480 e. The number of nitrogens with one attached hydrogen (secondary N) is 1. The molecule has 0 amide bonds. The first-order valence-corrected chi connectivity index (χ1v) is 5.56. The fraction of sp³-hybridized carbons (Fsp3) is 0.600. The number of carboxylic acid groups (broad SMARTS) is 4. The summed E-state index contributed by atoms with van der Waals surface area (Å²) in [5, 5.41) is 36.8. The Labute approximate surface area is 113 Å². The molecular formula is C10H16N2O8. The summed E-state index contributed by atoms with van der Waals surface area (Å²) in [7, 11) is 0. The molecule has 0 heterocycles. The Balaban J connectivity index is 4.44. The third-order valence-corrected chi connectivity index (χ3v) is 2.25. The van der Waals surface area contributed by atoms with Crippen molar-refractivity contribution in [2.75, 3.05) is 26.2 Å². The van der Waals surface area contributed by atoms with Crippen LogP contribution in [0.1, 0.15) is 6.42 Å². The van der Waals surface area contributed by atoms with E-state index in [2.05, 4.69) is 5.32 Å². The fourth-order valence-electron chi connectivity index (χ4n) is 1.43. The molecule has 5 N–H and O–H groups in total. The second-order valence-corrected chi connectivity index (χ2v) is 3.95. The van der Waals surface area contributed by atoms with Crippen molar-refractivity contribution < 1.29 is 39.6 Å². The molecule has 0 bridgehead atoms. The molecule has 114 valence electrons. The molecule has 0 aromatic rings. The van der Waals surface area contributed by atoms with Crippen molar-refractivity contribution >= 4 is 23.9 Å². The number of hydrogen-bond donors (Lipinski definition) is 5. The van der Waals surface area contributed by atoms with E-state index in [-0.39, 0.29) is 13.0 Å². The van der Waals surface area contributed by atoms with Gasteiger partial charge in [-0.1, -0.05) is 0 Å². The van der Waals surface area contributed by atoms with E-state index in [9.17, 15) is 19.2 Å². The Morgan fingerprint density at radius 2 is 1.40 bits per heavy atom. The molecule has 0 aliphatic heterocycles. The maximum atomic E-state index is 10.9. The van der Waals surface area contributed by atoms with Gasteiger partial charge in [-0.3, -0.25) is 29.4 Å². The van der Waals surface area contributed by atoms with Gasteiger partial charge in [-0.25, -0.2) is 0 Å². The maximum Gasteiger partial charge on any atom is 0.320 e. The van der Waals surface area contributed by atoms with Crippen LogP contribution in [-0.2, 0) is 19.2 Å². The molecule has 0 aliphatic rings. The zero-order valence-electron chi connectivity index (χ0n) is 10.5. The first kappa shape index (κ1) is 17.8. The quantitative estimate of drug-likeness (QED) is 0.287. The van der Waals surface area contributed by atoms with Gasteiger partial charge in [0, 0.05) is 6.54 Å². The lowest BCUT2D eigenvalue weighted by molar-refractivity contribution is -0.142. The summed E-state index contributed by atoms with van der Waals surface area (Å²) in [6, 6.07) is -1.20. The molecule has 0 rings (SSSR count). The van der Waals surface area contributed by atoms with Crippen LogP contribution in [0.15, 0.2) is 0 Å². The minimum absolute atomic E-state index is 0.109. The topological polar surface area (TPSA) is 164 Å².